The lowest BCUT2D eigenvalue weighted by atomic mass is 10.0. The Balaban J connectivity index is 1.61. The molecule has 0 aliphatic carbocycles. The molecule has 1 aromatic rings. The second-order valence-corrected chi connectivity index (χ2v) is 5.21. The molecular weight excluding hydrogens is 210 g/mol. The van der Waals surface area contributed by atoms with E-state index >= 15 is 0 Å². The van der Waals surface area contributed by atoms with Gasteiger partial charge in [-0.25, -0.2) is 0 Å². The van der Waals surface area contributed by atoms with Crippen LogP contribution in [0.15, 0.2) is 24.4 Å². The Kier molecular flexibility index (Phi) is 4.51. The second kappa shape index (κ2) is 6.12. The molecule has 0 bridgehead atoms. The fourth-order valence-electron chi connectivity index (χ4n) is 2.39. The van der Waals surface area contributed by atoms with E-state index < -0.39 is 0 Å². The van der Waals surface area contributed by atoms with Crippen LogP contribution in [0.25, 0.3) is 0 Å². The molecule has 1 aliphatic heterocycles. The van der Waals surface area contributed by atoms with Gasteiger partial charge in [0.15, 0.2) is 0 Å². The Bertz CT molecular complexity index is 315. The molecule has 0 spiro atoms. The lowest BCUT2D eigenvalue weighted by Crippen LogP contribution is -2.30. The number of aromatic nitrogens is 1. The Hall–Kier alpha value is -0.930. The van der Waals surface area contributed by atoms with Crippen molar-refractivity contribution >= 4 is 0 Å². The highest BCUT2D eigenvalue weighted by molar-refractivity contribution is 5.02. The van der Waals surface area contributed by atoms with Gasteiger partial charge in [0, 0.05) is 38.9 Å². The van der Waals surface area contributed by atoms with Crippen molar-refractivity contribution in [1.29, 1.82) is 0 Å². The first-order valence-electron chi connectivity index (χ1n) is 6.58. The van der Waals surface area contributed by atoms with Gasteiger partial charge in [-0.2, -0.15) is 0 Å². The molecule has 1 aliphatic rings. The summed E-state index contributed by atoms with van der Waals surface area (Å²) in [7, 11) is 0. The summed E-state index contributed by atoms with van der Waals surface area (Å²) >= 11 is 0. The van der Waals surface area contributed by atoms with E-state index in [0.717, 1.165) is 37.2 Å². The average molecular weight is 233 g/mol. The predicted octanol–water partition coefficient (Wildman–Crippen LogP) is 1.76. The molecule has 0 saturated carbocycles. The van der Waals surface area contributed by atoms with Crippen LogP contribution < -0.4 is 5.32 Å². The van der Waals surface area contributed by atoms with Crippen molar-refractivity contribution in [2.75, 3.05) is 26.2 Å². The molecule has 3 heteroatoms. The zero-order chi connectivity index (χ0) is 12.1. The summed E-state index contributed by atoms with van der Waals surface area (Å²) in [6.45, 7) is 10.3. The molecular formula is C14H23N3. The van der Waals surface area contributed by atoms with E-state index in [0.29, 0.717) is 0 Å². The summed E-state index contributed by atoms with van der Waals surface area (Å²) in [5.74, 6) is 1.71. The van der Waals surface area contributed by atoms with Crippen molar-refractivity contribution in [3.63, 3.8) is 0 Å². The van der Waals surface area contributed by atoms with Crippen LogP contribution in [0.2, 0.25) is 0 Å². The van der Waals surface area contributed by atoms with Crippen molar-refractivity contribution in [3.8, 4) is 0 Å². The normalized spacial score (nSPS) is 25.3. The van der Waals surface area contributed by atoms with Gasteiger partial charge in [0.25, 0.3) is 0 Å². The van der Waals surface area contributed by atoms with Crippen LogP contribution in [0.5, 0.6) is 0 Å². The van der Waals surface area contributed by atoms with Crippen LogP contribution in [0.4, 0.5) is 0 Å². The fraction of sp³-hybridized carbons (Fsp3) is 0.643. The van der Waals surface area contributed by atoms with Gasteiger partial charge in [-0.3, -0.25) is 4.98 Å². The standard InChI is InChI=1S/C14H23N3/c1-12-10-17(11-13(12)2)8-7-15-9-14-5-3-4-6-16-14/h3-6,12-13,15H,7-11H2,1-2H3. The van der Waals surface area contributed by atoms with Crippen molar-refractivity contribution in [1.82, 2.24) is 15.2 Å². The summed E-state index contributed by atoms with van der Waals surface area (Å²) in [6.07, 6.45) is 1.85. The number of nitrogens with one attached hydrogen (secondary N) is 1. The Morgan fingerprint density at radius 1 is 1.29 bits per heavy atom. The lowest BCUT2D eigenvalue weighted by molar-refractivity contribution is 0.321. The van der Waals surface area contributed by atoms with Gasteiger partial charge < -0.3 is 10.2 Å². The van der Waals surface area contributed by atoms with E-state index in [1.807, 2.05) is 18.3 Å². The van der Waals surface area contributed by atoms with Gasteiger partial charge in [-0.05, 0) is 24.0 Å². The smallest absolute Gasteiger partial charge is 0.0541 e. The summed E-state index contributed by atoms with van der Waals surface area (Å²) in [5.41, 5.74) is 1.12. The van der Waals surface area contributed by atoms with Gasteiger partial charge in [-0.1, -0.05) is 19.9 Å². The molecule has 2 heterocycles. The number of rotatable bonds is 5. The van der Waals surface area contributed by atoms with E-state index in [2.05, 4.69) is 35.1 Å². The maximum absolute atomic E-state index is 4.30. The minimum Gasteiger partial charge on any atom is -0.310 e. The fourth-order valence-corrected chi connectivity index (χ4v) is 2.39. The molecule has 3 nitrogen and oxygen atoms in total. The third kappa shape index (κ3) is 3.79. The SMILES string of the molecule is CC1CN(CCNCc2ccccn2)CC1C. The Morgan fingerprint density at radius 3 is 2.71 bits per heavy atom. The van der Waals surface area contributed by atoms with Gasteiger partial charge in [0.05, 0.1) is 5.69 Å². The molecule has 1 N–H and O–H groups in total. The first-order valence-corrected chi connectivity index (χ1v) is 6.58. The number of hydrogen-bond acceptors (Lipinski definition) is 3. The van der Waals surface area contributed by atoms with E-state index in [9.17, 15) is 0 Å². The number of pyridine rings is 1. The van der Waals surface area contributed by atoms with E-state index in [-0.39, 0.29) is 0 Å². The predicted molar refractivity (Wildman–Crippen MR) is 70.7 cm³/mol. The Labute approximate surface area is 104 Å². The quantitative estimate of drug-likeness (QED) is 0.786. The summed E-state index contributed by atoms with van der Waals surface area (Å²) in [6, 6.07) is 6.05. The van der Waals surface area contributed by atoms with Crippen LogP contribution in [-0.2, 0) is 6.54 Å². The van der Waals surface area contributed by atoms with Gasteiger partial charge in [0.1, 0.15) is 0 Å². The molecule has 1 aromatic heterocycles. The molecule has 94 valence electrons. The molecule has 0 amide bonds. The maximum atomic E-state index is 4.30. The molecule has 2 unspecified atom stereocenters. The maximum Gasteiger partial charge on any atom is 0.0541 e. The van der Waals surface area contributed by atoms with Crippen molar-refractivity contribution < 1.29 is 0 Å². The lowest BCUT2D eigenvalue weighted by Gasteiger charge is -2.15. The van der Waals surface area contributed by atoms with Crippen LogP contribution in [0.3, 0.4) is 0 Å². The van der Waals surface area contributed by atoms with E-state index in [4.69, 9.17) is 0 Å². The highest BCUT2D eigenvalue weighted by atomic mass is 15.2. The third-order valence-electron chi connectivity index (χ3n) is 3.70. The van der Waals surface area contributed by atoms with Gasteiger partial charge in [-0.15, -0.1) is 0 Å². The van der Waals surface area contributed by atoms with Crippen LogP contribution in [-0.4, -0.2) is 36.1 Å². The first kappa shape index (κ1) is 12.5. The zero-order valence-electron chi connectivity index (χ0n) is 10.9. The Morgan fingerprint density at radius 2 is 2.06 bits per heavy atom. The number of nitrogens with zero attached hydrogens (tertiary/aromatic N) is 2. The minimum absolute atomic E-state index is 0.853. The zero-order valence-corrected chi connectivity index (χ0v) is 10.9. The minimum atomic E-state index is 0.853. The second-order valence-electron chi connectivity index (χ2n) is 5.21. The number of hydrogen-bond donors (Lipinski definition) is 1. The van der Waals surface area contributed by atoms with Gasteiger partial charge >= 0.3 is 0 Å². The van der Waals surface area contributed by atoms with Crippen molar-refractivity contribution in [2.45, 2.75) is 20.4 Å². The summed E-state index contributed by atoms with van der Waals surface area (Å²) in [5, 5.41) is 3.45. The van der Waals surface area contributed by atoms with Crippen LogP contribution >= 0.6 is 0 Å². The van der Waals surface area contributed by atoms with E-state index in [1.165, 1.54) is 13.1 Å². The third-order valence-corrected chi connectivity index (χ3v) is 3.70. The number of likely N-dealkylation sites (tertiary alicyclic amines) is 1. The van der Waals surface area contributed by atoms with Crippen molar-refractivity contribution in [2.24, 2.45) is 11.8 Å². The van der Waals surface area contributed by atoms with E-state index in [1.54, 1.807) is 0 Å². The van der Waals surface area contributed by atoms with Gasteiger partial charge in [0.2, 0.25) is 0 Å². The molecule has 0 aromatic carbocycles. The monoisotopic (exact) mass is 233 g/mol. The highest BCUT2D eigenvalue weighted by Crippen LogP contribution is 2.21. The largest absolute Gasteiger partial charge is 0.310 e. The molecule has 2 atom stereocenters. The molecule has 17 heavy (non-hydrogen) atoms. The first-order chi connectivity index (χ1) is 8.25. The average Bonchev–Trinajstić information content (AvgIpc) is 2.66. The molecule has 2 rings (SSSR count). The molecule has 1 fully saturated rings. The van der Waals surface area contributed by atoms with Crippen molar-refractivity contribution in [3.05, 3.63) is 30.1 Å². The van der Waals surface area contributed by atoms with Crippen LogP contribution in [0, 0.1) is 11.8 Å². The molecule has 1 saturated heterocycles. The summed E-state index contributed by atoms with van der Waals surface area (Å²) < 4.78 is 0. The summed E-state index contributed by atoms with van der Waals surface area (Å²) in [4.78, 5) is 6.85. The highest BCUT2D eigenvalue weighted by Gasteiger charge is 2.24. The van der Waals surface area contributed by atoms with Crippen LogP contribution in [0.1, 0.15) is 19.5 Å². The topological polar surface area (TPSA) is 28.2 Å². The molecule has 0 radical (unpaired) electrons.